The lowest BCUT2D eigenvalue weighted by atomic mass is 9.92. The molecule has 3 rings (SSSR count). The maximum Gasteiger partial charge on any atom is 0.144 e. The van der Waals surface area contributed by atoms with E-state index in [1.165, 1.54) is 5.56 Å². The van der Waals surface area contributed by atoms with Crippen LogP contribution in [0.1, 0.15) is 29.4 Å². The highest BCUT2D eigenvalue weighted by Gasteiger charge is 2.29. The molecule has 0 radical (unpaired) electrons. The third-order valence-corrected chi connectivity index (χ3v) is 3.83. The fourth-order valence-electron chi connectivity index (χ4n) is 2.47. The second-order valence-corrected chi connectivity index (χ2v) is 5.54. The first-order valence-electron chi connectivity index (χ1n) is 6.77. The van der Waals surface area contributed by atoms with Crippen molar-refractivity contribution in [3.8, 4) is 0 Å². The summed E-state index contributed by atoms with van der Waals surface area (Å²) in [6.07, 6.45) is 0. The summed E-state index contributed by atoms with van der Waals surface area (Å²) >= 11 is 0. The Morgan fingerprint density at radius 3 is 2.35 bits per heavy atom. The van der Waals surface area contributed by atoms with Gasteiger partial charge in [-0.1, -0.05) is 48.0 Å². The molecule has 1 atom stereocenters. The highest BCUT2D eigenvalue weighted by Crippen LogP contribution is 2.34. The van der Waals surface area contributed by atoms with Crippen LogP contribution in [0, 0.1) is 13.8 Å². The number of aryl methyl sites for hydroxylation is 2. The van der Waals surface area contributed by atoms with Crippen molar-refractivity contribution in [1.82, 2.24) is 0 Å². The van der Waals surface area contributed by atoms with E-state index >= 15 is 0 Å². The number of rotatable bonds is 2. The average molecular weight is 266 g/mol. The Kier molecular flexibility index (Phi) is 2.91. The smallest absolute Gasteiger partial charge is 0.144 e. The van der Waals surface area contributed by atoms with Crippen molar-refractivity contribution in [2.75, 3.05) is 0 Å². The minimum Gasteiger partial charge on any atom is -0.457 e. The molecule has 0 amide bonds. The molecule has 0 aliphatic carbocycles. The molecule has 0 aliphatic rings. The fourth-order valence-corrected chi connectivity index (χ4v) is 2.47. The van der Waals surface area contributed by atoms with Gasteiger partial charge in [-0.25, -0.2) is 0 Å². The Morgan fingerprint density at radius 1 is 1.00 bits per heavy atom. The molecule has 20 heavy (non-hydrogen) atoms. The van der Waals surface area contributed by atoms with E-state index in [4.69, 9.17) is 4.42 Å². The lowest BCUT2D eigenvalue weighted by molar-refractivity contribution is 0.0786. The van der Waals surface area contributed by atoms with E-state index < -0.39 is 5.60 Å². The SMILES string of the molecule is Cc1ccc(C(C)(O)c2cc3cccc(C)c3o2)cc1. The third-order valence-electron chi connectivity index (χ3n) is 3.83. The standard InChI is InChI=1S/C18H18O2/c1-12-7-9-15(10-8-12)18(3,19)16-11-14-6-4-5-13(2)17(14)20-16/h4-11,19H,1-3H3. The maximum atomic E-state index is 10.8. The first-order valence-corrected chi connectivity index (χ1v) is 6.77. The van der Waals surface area contributed by atoms with Crippen molar-refractivity contribution in [1.29, 1.82) is 0 Å². The summed E-state index contributed by atoms with van der Waals surface area (Å²) < 4.78 is 5.90. The number of para-hydroxylation sites is 1. The molecule has 0 saturated carbocycles. The van der Waals surface area contributed by atoms with Crippen molar-refractivity contribution in [3.63, 3.8) is 0 Å². The van der Waals surface area contributed by atoms with Crippen molar-refractivity contribution >= 4 is 11.0 Å². The van der Waals surface area contributed by atoms with Gasteiger partial charge < -0.3 is 9.52 Å². The van der Waals surface area contributed by atoms with Gasteiger partial charge in [-0.15, -0.1) is 0 Å². The van der Waals surface area contributed by atoms with Crippen LogP contribution in [0.15, 0.2) is 52.9 Å². The average Bonchev–Trinajstić information content (AvgIpc) is 2.85. The van der Waals surface area contributed by atoms with Gasteiger partial charge in [0.2, 0.25) is 0 Å². The van der Waals surface area contributed by atoms with Gasteiger partial charge in [0.15, 0.2) is 0 Å². The van der Waals surface area contributed by atoms with Crippen LogP contribution in [-0.2, 0) is 5.60 Å². The number of furan rings is 1. The molecule has 3 aromatic rings. The Balaban J connectivity index is 2.13. The number of hydrogen-bond donors (Lipinski definition) is 1. The van der Waals surface area contributed by atoms with Gasteiger partial charge in [-0.2, -0.15) is 0 Å². The molecule has 1 aromatic heterocycles. The van der Waals surface area contributed by atoms with Gasteiger partial charge in [0, 0.05) is 5.39 Å². The van der Waals surface area contributed by atoms with Crippen LogP contribution >= 0.6 is 0 Å². The minimum absolute atomic E-state index is 0.575. The van der Waals surface area contributed by atoms with Crippen LogP contribution in [0.5, 0.6) is 0 Å². The quantitative estimate of drug-likeness (QED) is 0.750. The zero-order valence-corrected chi connectivity index (χ0v) is 12.0. The number of fused-ring (bicyclic) bond motifs is 1. The van der Waals surface area contributed by atoms with Crippen molar-refractivity contribution in [3.05, 3.63) is 71.0 Å². The van der Waals surface area contributed by atoms with Crippen LogP contribution in [0.3, 0.4) is 0 Å². The second kappa shape index (κ2) is 4.50. The topological polar surface area (TPSA) is 33.4 Å². The zero-order valence-electron chi connectivity index (χ0n) is 12.0. The summed E-state index contributed by atoms with van der Waals surface area (Å²) in [5, 5.41) is 11.9. The van der Waals surface area contributed by atoms with E-state index in [2.05, 4.69) is 0 Å². The summed E-state index contributed by atoms with van der Waals surface area (Å²) in [6, 6.07) is 15.8. The normalized spacial score (nSPS) is 14.4. The fraction of sp³-hybridized carbons (Fsp3) is 0.222. The van der Waals surface area contributed by atoms with Gasteiger partial charge in [-0.3, -0.25) is 0 Å². The largest absolute Gasteiger partial charge is 0.457 e. The molecule has 102 valence electrons. The second-order valence-electron chi connectivity index (χ2n) is 5.54. The van der Waals surface area contributed by atoms with E-state index in [0.29, 0.717) is 5.76 Å². The van der Waals surface area contributed by atoms with Crippen LogP contribution in [-0.4, -0.2) is 5.11 Å². The number of hydrogen-bond acceptors (Lipinski definition) is 2. The van der Waals surface area contributed by atoms with Crippen molar-refractivity contribution in [2.45, 2.75) is 26.4 Å². The lowest BCUT2D eigenvalue weighted by Gasteiger charge is -2.21. The molecule has 1 unspecified atom stereocenters. The van der Waals surface area contributed by atoms with E-state index in [0.717, 1.165) is 22.1 Å². The number of benzene rings is 2. The van der Waals surface area contributed by atoms with E-state index in [-0.39, 0.29) is 0 Å². The predicted molar refractivity (Wildman–Crippen MR) is 80.8 cm³/mol. The van der Waals surface area contributed by atoms with Crippen molar-refractivity contribution < 1.29 is 9.52 Å². The van der Waals surface area contributed by atoms with Gasteiger partial charge in [0.25, 0.3) is 0 Å². The maximum absolute atomic E-state index is 10.8. The summed E-state index contributed by atoms with van der Waals surface area (Å²) in [6.45, 7) is 5.81. The van der Waals surface area contributed by atoms with Gasteiger partial charge in [0.05, 0.1) is 0 Å². The molecule has 0 aliphatic heterocycles. The highest BCUT2D eigenvalue weighted by atomic mass is 16.4. The molecule has 2 aromatic carbocycles. The Labute approximate surface area is 118 Å². The Bertz CT molecular complexity index is 749. The highest BCUT2D eigenvalue weighted by molar-refractivity contribution is 5.81. The van der Waals surface area contributed by atoms with Crippen molar-refractivity contribution in [2.24, 2.45) is 0 Å². The van der Waals surface area contributed by atoms with Gasteiger partial charge >= 0.3 is 0 Å². The van der Waals surface area contributed by atoms with Crippen LogP contribution in [0.25, 0.3) is 11.0 Å². The molecule has 0 spiro atoms. The molecule has 2 nitrogen and oxygen atoms in total. The van der Waals surface area contributed by atoms with Crippen LogP contribution < -0.4 is 0 Å². The lowest BCUT2D eigenvalue weighted by Crippen LogP contribution is -2.21. The first kappa shape index (κ1) is 12.9. The molecular formula is C18H18O2. The predicted octanol–water partition coefficient (Wildman–Crippen LogP) is 4.31. The van der Waals surface area contributed by atoms with Gasteiger partial charge in [-0.05, 0) is 38.0 Å². The first-order chi connectivity index (χ1) is 9.48. The zero-order chi connectivity index (χ0) is 14.3. The van der Waals surface area contributed by atoms with Crippen LogP contribution in [0.4, 0.5) is 0 Å². The van der Waals surface area contributed by atoms with E-state index in [9.17, 15) is 5.11 Å². The Hall–Kier alpha value is -2.06. The van der Waals surface area contributed by atoms with E-state index in [1.54, 1.807) is 6.92 Å². The third kappa shape index (κ3) is 2.02. The molecule has 0 bridgehead atoms. The molecule has 2 heteroatoms. The molecule has 0 fully saturated rings. The summed E-state index contributed by atoms with van der Waals surface area (Å²) in [4.78, 5) is 0. The monoisotopic (exact) mass is 266 g/mol. The van der Waals surface area contributed by atoms with Gasteiger partial charge in [0.1, 0.15) is 16.9 Å². The molecule has 1 N–H and O–H groups in total. The molecule has 1 heterocycles. The molecular weight excluding hydrogens is 248 g/mol. The molecule has 0 saturated heterocycles. The number of aliphatic hydroxyl groups is 1. The Morgan fingerprint density at radius 2 is 1.70 bits per heavy atom. The summed E-state index contributed by atoms with van der Waals surface area (Å²) in [5.41, 5.74) is 2.80. The summed E-state index contributed by atoms with van der Waals surface area (Å²) in [5.74, 6) is 0.575. The minimum atomic E-state index is -1.13. The van der Waals surface area contributed by atoms with Crippen LogP contribution in [0.2, 0.25) is 0 Å². The van der Waals surface area contributed by atoms with E-state index in [1.807, 2.05) is 62.4 Å². The summed E-state index contributed by atoms with van der Waals surface area (Å²) in [7, 11) is 0.